The summed E-state index contributed by atoms with van der Waals surface area (Å²) in [6, 6.07) is 0. The molecular formula is C33H48F4O11. The van der Waals surface area contributed by atoms with Crippen LogP contribution < -0.4 is 0 Å². The molecule has 0 aromatic heterocycles. The first-order chi connectivity index (χ1) is 22.4. The molecule has 1 N–H and O–H groups in total. The Kier molecular flexibility index (Phi) is 11.8. The molecule has 274 valence electrons. The van der Waals surface area contributed by atoms with E-state index in [1.54, 1.807) is 0 Å². The number of esters is 4. The molecular weight excluding hydrogens is 648 g/mol. The highest BCUT2D eigenvalue weighted by Crippen LogP contribution is 2.62. The molecule has 8 saturated carbocycles. The van der Waals surface area contributed by atoms with E-state index < -0.39 is 35.3 Å². The third kappa shape index (κ3) is 8.26. The van der Waals surface area contributed by atoms with Crippen LogP contribution in [-0.2, 0) is 47.6 Å². The van der Waals surface area contributed by atoms with E-state index in [2.05, 4.69) is 4.74 Å². The first kappa shape index (κ1) is 38.3. The van der Waals surface area contributed by atoms with Gasteiger partial charge in [-0.25, -0.2) is 9.59 Å². The van der Waals surface area contributed by atoms with Crippen molar-refractivity contribution in [1.29, 1.82) is 0 Å². The maximum Gasteiger partial charge on any atom is 0.376 e. The molecule has 0 spiro atoms. The molecule has 0 aromatic carbocycles. The fourth-order valence-corrected chi connectivity index (χ4v) is 9.60. The van der Waals surface area contributed by atoms with Crippen molar-refractivity contribution in [2.75, 3.05) is 34.9 Å². The predicted molar refractivity (Wildman–Crippen MR) is 157 cm³/mol. The number of carbonyl (C=O) groups is 4. The maximum absolute atomic E-state index is 13.1. The molecule has 8 fully saturated rings. The van der Waals surface area contributed by atoms with Gasteiger partial charge in [0.25, 0.3) is 0 Å². The molecule has 8 aliphatic rings. The summed E-state index contributed by atoms with van der Waals surface area (Å²) in [5, 5.41) is 10.1. The molecule has 15 heteroatoms. The lowest BCUT2D eigenvalue weighted by atomic mass is 9.48. The summed E-state index contributed by atoms with van der Waals surface area (Å²) in [4.78, 5) is 46.0. The highest BCUT2D eigenvalue weighted by atomic mass is 19.3. The lowest BCUT2D eigenvalue weighted by Crippen LogP contribution is -2.58. The highest BCUT2D eigenvalue weighted by Gasteiger charge is 2.61. The smallest absolute Gasteiger partial charge is 0.376 e. The Morgan fingerprint density at radius 2 is 1.02 bits per heavy atom. The molecule has 0 radical (unpaired) electrons. The van der Waals surface area contributed by atoms with Gasteiger partial charge in [0.2, 0.25) is 0 Å². The molecule has 11 nitrogen and oxygen atoms in total. The Balaban J connectivity index is 0.000000182. The van der Waals surface area contributed by atoms with Crippen LogP contribution in [0.4, 0.5) is 17.6 Å². The normalized spacial score (nSPS) is 37.0. The van der Waals surface area contributed by atoms with E-state index in [-0.39, 0.29) is 48.9 Å². The fourth-order valence-electron chi connectivity index (χ4n) is 9.60. The van der Waals surface area contributed by atoms with Crippen LogP contribution in [-0.4, -0.2) is 88.0 Å². The van der Waals surface area contributed by atoms with E-state index >= 15 is 0 Å². The second kappa shape index (κ2) is 14.8. The van der Waals surface area contributed by atoms with Crippen molar-refractivity contribution in [3.8, 4) is 0 Å². The lowest BCUT2D eigenvalue weighted by molar-refractivity contribution is -0.210. The largest absolute Gasteiger partial charge is 0.465 e. The summed E-state index contributed by atoms with van der Waals surface area (Å²) >= 11 is 0. The molecule has 8 bridgehead atoms. The molecule has 0 aliphatic heterocycles. The van der Waals surface area contributed by atoms with Crippen LogP contribution in [0.3, 0.4) is 0 Å². The number of halogens is 4. The number of ether oxygens (including phenoxy) is 6. The number of aliphatic hydroxyl groups excluding tert-OH is 1. The fraction of sp³-hybridized carbons (Fsp3) is 0.879. The first-order valence-electron chi connectivity index (χ1n) is 16.4. The van der Waals surface area contributed by atoms with Crippen LogP contribution in [0.2, 0.25) is 0 Å². The topological polar surface area (TPSA) is 144 Å². The zero-order chi connectivity index (χ0) is 35.7. The molecule has 4 atom stereocenters. The zero-order valence-electron chi connectivity index (χ0n) is 28.1. The SMILES string of the molecule is COC(=O)C(C)(F)F.COCOC(=O)C12CC3CC(C1)C(O)C(C3)C2.COCOC(=O)C12CC3CC(C1)C(OC(=O)C(C)(F)F)C(C3)C2. The van der Waals surface area contributed by atoms with Gasteiger partial charge in [0.15, 0.2) is 13.6 Å². The van der Waals surface area contributed by atoms with E-state index in [1.807, 2.05) is 0 Å². The first-order valence-corrected chi connectivity index (χ1v) is 16.4. The highest BCUT2D eigenvalue weighted by molar-refractivity contribution is 5.79. The van der Waals surface area contributed by atoms with E-state index in [1.165, 1.54) is 14.2 Å². The third-order valence-corrected chi connectivity index (χ3v) is 11.0. The minimum Gasteiger partial charge on any atom is -0.465 e. The van der Waals surface area contributed by atoms with Gasteiger partial charge in [0.05, 0.1) is 24.0 Å². The van der Waals surface area contributed by atoms with Crippen molar-refractivity contribution >= 4 is 23.9 Å². The number of hydrogen-bond acceptors (Lipinski definition) is 11. The Bertz CT molecular complexity index is 1150. The molecule has 0 saturated heterocycles. The third-order valence-electron chi connectivity index (χ3n) is 11.0. The van der Waals surface area contributed by atoms with Crippen molar-refractivity contribution in [3.05, 3.63) is 0 Å². The van der Waals surface area contributed by atoms with Gasteiger partial charge >= 0.3 is 35.7 Å². The second-order valence-corrected chi connectivity index (χ2v) is 14.8. The monoisotopic (exact) mass is 696 g/mol. The van der Waals surface area contributed by atoms with Gasteiger partial charge in [-0.05, 0) is 99.7 Å². The maximum atomic E-state index is 13.1. The van der Waals surface area contributed by atoms with Crippen LogP contribution >= 0.6 is 0 Å². The van der Waals surface area contributed by atoms with Crippen molar-refractivity contribution in [1.82, 2.24) is 0 Å². The van der Waals surface area contributed by atoms with Gasteiger partial charge in [0.1, 0.15) is 6.10 Å². The predicted octanol–water partition coefficient (Wildman–Crippen LogP) is 4.66. The zero-order valence-corrected chi connectivity index (χ0v) is 28.1. The van der Waals surface area contributed by atoms with E-state index in [4.69, 9.17) is 23.7 Å². The summed E-state index contributed by atoms with van der Waals surface area (Å²) in [6.07, 6.45) is 7.56. The van der Waals surface area contributed by atoms with Gasteiger partial charge in [-0.1, -0.05) is 0 Å². The molecule has 0 heterocycles. The minimum absolute atomic E-state index is 0.0392. The number of carbonyl (C=O) groups excluding carboxylic acids is 4. The Labute approximate surface area is 277 Å². The van der Waals surface area contributed by atoms with Gasteiger partial charge in [0, 0.05) is 28.1 Å². The number of aliphatic hydroxyl groups is 1. The van der Waals surface area contributed by atoms with Crippen molar-refractivity contribution < 1.29 is 70.3 Å². The van der Waals surface area contributed by atoms with E-state index in [0.29, 0.717) is 50.4 Å². The lowest BCUT2D eigenvalue weighted by Gasteiger charge is -2.57. The molecule has 0 amide bonds. The van der Waals surface area contributed by atoms with Crippen LogP contribution in [0.25, 0.3) is 0 Å². The van der Waals surface area contributed by atoms with Crippen LogP contribution in [0, 0.1) is 46.3 Å². The van der Waals surface area contributed by atoms with Crippen LogP contribution in [0.15, 0.2) is 0 Å². The standard InChI is InChI=1S/C16H22F2O5.C13H20O4.C4H6F2O2/c1-15(17,18)13(19)23-12-10-3-9-4-11(12)7-16(5-9,6-10)14(20)22-8-21-2;1-16-7-17-12(15)13-4-8-2-9(5-13)11(14)10(3-8)6-13;1-4(5,6)3(7)8-2/h9-12H,3-8H2,1-2H3;8-11,14H,2-7H2,1H3;1-2H3. The average molecular weight is 697 g/mol. The number of hydrogen-bond donors (Lipinski definition) is 1. The minimum atomic E-state index is -3.48. The second-order valence-electron chi connectivity index (χ2n) is 14.8. The van der Waals surface area contributed by atoms with Crippen molar-refractivity contribution in [2.45, 2.75) is 102 Å². The quantitative estimate of drug-likeness (QED) is 0.156. The summed E-state index contributed by atoms with van der Waals surface area (Å²) < 4.78 is 78.3. The summed E-state index contributed by atoms with van der Waals surface area (Å²) in [5.41, 5.74) is -0.874. The Morgan fingerprint density at radius 3 is 1.35 bits per heavy atom. The molecule has 4 unspecified atom stereocenters. The summed E-state index contributed by atoms with van der Waals surface area (Å²) in [6.45, 7) is 0.998. The molecule has 8 aliphatic carbocycles. The number of methoxy groups -OCH3 is 3. The summed E-state index contributed by atoms with van der Waals surface area (Å²) in [5.74, 6) is -8.64. The van der Waals surface area contributed by atoms with Gasteiger partial charge in [-0.2, -0.15) is 17.6 Å². The van der Waals surface area contributed by atoms with Crippen LogP contribution in [0.5, 0.6) is 0 Å². The Morgan fingerprint density at radius 1 is 0.646 bits per heavy atom. The van der Waals surface area contributed by atoms with Gasteiger partial charge in [-0.15, -0.1) is 0 Å². The van der Waals surface area contributed by atoms with E-state index in [0.717, 1.165) is 58.5 Å². The van der Waals surface area contributed by atoms with Gasteiger partial charge < -0.3 is 33.5 Å². The average Bonchev–Trinajstić information content (AvgIpc) is 3.01. The van der Waals surface area contributed by atoms with Crippen molar-refractivity contribution in [2.24, 2.45) is 46.3 Å². The summed E-state index contributed by atoms with van der Waals surface area (Å²) in [7, 11) is 3.89. The molecule has 48 heavy (non-hydrogen) atoms. The Hall–Kier alpha value is -2.52. The van der Waals surface area contributed by atoms with E-state index in [9.17, 15) is 41.8 Å². The molecule has 0 aromatic rings. The number of rotatable bonds is 9. The van der Waals surface area contributed by atoms with Crippen LogP contribution in [0.1, 0.15) is 78.1 Å². The van der Waals surface area contributed by atoms with Crippen molar-refractivity contribution in [3.63, 3.8) is 0 Å². The number of alkyl halides is 4. The van der Waals surface area contributed by atoms with Gasteiger partial charge in [-0.3, -0.25) is 9.59 Å². The molecule has 8 rings (SSSR count).